The van der Waals surface area contributed by atoms with E-state index in [0.29, 0.717) is 6.54 Å². The predicted octanol–water partition coefficient (Wildman–Crippen LogP) is 0.0316. The van der Waals surface area contributed by atoms with Gasteiger partial charge >= 0.3 is 0 Å². The maximum absolute atomic E-state index is 10.3. The molecule has 0 amide bonds. The first kappa shape index (κ1) is 9.25. The number of rotatable bonds is 3. The first-order valence-corrected chi connectivity index (χ1v) is 4.27. The van der Waals surface area contributed by atoms with E-state index < -0.39 is 11.9 Å². The molecule has 0 aliphatic rings. The molecular weight excluding hydrogens is 224 g/mol. The summed E-state index contributed by atoms with van der Waals surface area (Å²) >= 11 is 3.21. The zero-order chi connectivity index (χ0) is 9.14. The third-order valence-electron chi connectivity index (χ3n) is 1.47. The average Bonchev–Trinajstić information content (AvgIpc) is 2.35. The molecule has 0 radical (unpaired) electrons. The van der Waals surface area contributed by atoms with Crippen LogP contribution in [0.15, 0.2) is 16.9 Å². The maximum Gasteiger partial charge on any atom is 0.0632 e. The normalized spacial score (nSPS) is 12.8. The molecule has 0 spiro atoms. The lowest BCUT2D eigenvalue weighted by Crippen LogP contribution is -2.32. The van der Waals surface area contributed by atoms with E-state index >= 15 is 0 Å². The largest absolute Gasteiger partial charge is 0.550 e. The molecule has 0 aromatic carbocycles. The maximum atomic E-state index is 10.3. The van der Waals surface area contributed by atoms with E-state index in [9.17, 15) is 9.90 Å². The summed E-state index contributed by atoms with van der Waals surface area (Å²) in [6.07, 6.45) is 3.33. The lowest BCUT2D eigenvalue weighted by Gasteiger charge is -2.11. The topological polar surface area (TPSA) is 58.0 Å². The minimum atomic E-state index is -1.05. The molecule has 1 aromatic rings. The van der Waals surface area contributed by atoms with Gasteiger partial charge < -0.3 is 9.90 Å². The number of hydrogen-bond donors (Lipinski definition) is 0. The Bertz CT molecular complexity index is 285. The quantitative estimate of drug-likeness (QED) is 0.738. The van der Waals surface area contributed by atoms with Crippen molar-refractivity contribution in [1.82, 2.24) is 9.78 Å². The predicted molar refractivity (Wildman–Crippen MR) is 44.1 cm³/mol. The average molecular weight is 232 g/mol. The molecule has 0 saturated heterocycles. The molecule has 1 aromatic heterocycles. The molecule has 12 heavy (non-hydrogen) atoms. The van der Waals surface area contributed by atoms with Crippen molar-refractivity contribution < 1.29 is 9.90 Å². The number of carboxylic acid groups (broad SMARTS) is 1. The first-order valence-electron chi connectivity index (χ1n) is 3.48. The van der Waals surface area contributed by atoms with Crippen LogP contribution >= 0.6 is 15.9 Å². The van der Waals surface area contributed by atoms with Crippen LogP contribution in [0.3, 0.4) is 0 Å². The fourth-order valence-corrected chi connectivity index (χ4v) is 1.12. The number of aliphatic carboxylic acids is 1. The van der Waals surface area contributed by atoms with Crippen LogP contribution < -0.4 is 5.11 Å². The highest BCUT2D eigenvalue weighted by molar-refractivity contribution is 9.10. The summed E-state index contributed by atoms with van der Waals surface area (Å²) in [7, 11) is 0. The van der Waals surface area contributed by atoms with Gasteiger partial charge in [-0.25, -0.2) is 0 Å². The van der Waals surface area contributed by atoms with E-state index in [4.69, 9.17) is 0 Å². The Hall–Kier alpha value is -0.840. The third kappa shape index (κ3) is 2.34. The fourth-order valence-electron chi connectivity index (χ4n) is 0.793. The van der Waals surface area contributed by atoms with Gasteiger partial charge in [0.15, 0.2) is 0 Å². The minimum Gasteiger partial charge on any atom is -0.550 e. The molecule has 0 aliphatic heterocycles. The SMILES string of the molecule is C[C@H](Cn1cc(Br)cn1)C(=O)[O-]. The second-order valence-electron chi connectivity index (χ2n) is 2.60. The van der Waals surface area contributed by atoms with Gasteiger partial charge in [-0.1, -0.05) is 6.92 Å². The highest BCUT2D eigenvalue weighted by atomic mass is 79.9. The summed E-state index contributed by atoms with van der Waals surface area (Å²) in [5.41, 5.74) is 0. The second-order valence-corrected chi connectivity index (χ2v) is 3.52. The van der Waals surface area contributed by atoms with Crippen LogP contribution in [0.25, 0.3) is 0 Å². The molecule has 0 bridgehead atoms. The van der Waals surface area contributed by atoms with Gasteiger partial charge in [-0.05, 0) is 15.9 Å². The van der Waals surface area contributed by atoms with E-state index in [1.54, 1.807) is 24.0 Å². The Balaban J connectivity index is 2.58. The third-order valence-corrected chi connectivity index (χ3v) is 1.87. The lowest BCUT2D eigenvalue weighted by molar-refractivity contribution is -0.311. The van der Waals surface area contributed by atoms with Gasteiger partial charge in [-0.2, -0.15) is 5.10 Å². The molecule has 1 atom stereocenters. The first-order chi connectivity index (χ1) is 5.59. The summed E-state index contributed by atoms with van der Waals surface area (Å²) in [5.74, 6) is -1.57. The van der Waals surface area contributed by atoms with Crippen molar-refractivity contribution in [3.63, 3.8) is 0 Å². The molecule has 0 aliphatic carbocycles. The molecule has 0 saturated carbocycles. The van der Waals surface area contributed by atoms with Gasteiger partial charge in [0.25, 0.3) is 0 Å². The van der Waals surface area contributed by atoms with Crippen LogP contribution in [0.5, 0.6) is 0 Å². The highest BCUT2D eigenvalue weighted by Gasteiger charge is 2.04. The number of aromatic nitrogens is 2. The Kier molecular flexibility index (Phi) is 2.86. The Morgan fingerprint density at radius 3 is 3.00 bits per heavy atom. The van der Waals surface area contributed by atoms with Crippen LogP contribution in [-0.2, 0) is 11.3 Å². The van der Waals surface area contributed by atoms with E-state index in [1.807, 2.05) is 0 Å². The Morgan fingerprint density at radius 2 is 2.58 bits per heavy atom. The molecule has 1 heterocycles. The fraction of sp³-hybridized carbons (Fsp3) is 0.429. The Labute approximate surface area is 78.3 Å². The van der Waals surface area contributed by atoms with Crippen molar-refractivity contribution in [1.29, 1.82) is 0 Å². The molecule has 66 valence electrons. The van der Waals surface area contributed by atoms with Crippen LogP contribution in [-0.4, -0.2) is 15.7 Å². The number of carbonyl (C=O) groups is 1. The second kappa shape index (κ2) is 3.71. The molecule has 0 fully saturated rings. The minimum absolute atomic E-state index is 0.341. The highest BCUT2D eigenvalue weighted by Crippen LogP contribution is 2.07. The van der Waals surface area contributed by atoms with Crippen molar-refractivity contribution in [3.05, 3.63) is 16.9 Å². The number of carbonyl (C=O) groups excluding carboxylic acids is 1. The van der Waals surface area contributed by atoms with E-state index in [1.165, 1.54) is 0 Å². The molecule has 0 N–H and O–H groups in total. The summed E-state index contributed by atoms with van der Waals surface area (Å²) in [5, 5.41) is 14.3. The summed E-state index contributed by atoms with van der Waals surface area (Å²) in [6.45, 7) is 1.93. The molecule has 1 rings (SSSR count). The van der Waals surface area contributed by atoms with Crippen LogP contribution in [0.1, 0.15) is 6.92 Å². The molecule has 4 nitrogen and oxygen atoms in total. The van der Waals surface area contributed by atoms with Crippen LogP contribution in [0, 0.1) is 5.92 Å². The van der Waals surface area contributed by atoms with Crippen LogP contribution in [0.4, 0.5) is 0 Å². The summed E-state index contributed by atoms with van der Waals surface area (Å²) < 4.78 is 2.40. The number of nitrogens with zero attached hydrogens (tertiary/aromatic N) is 2. The van der Waals surface area contributed by atoms with Crippen molar-refractivity contribution in [3.8, 4) is 0 Å². The van der Waals surface area contributed by atoms with Crippen molar-refractivity contribution in [2.75, 3.05) is 0 Å². The van der Waals surface area contributed by atoms with Gasteiger partial charge in [0.05, 0.1) is 10.7 Å². The van der Waals surface area contributed by atoms with E-state index in [-0.39, 0.29) is 0 Å². The number of halogens is 1. The molecule has 5 heteroatoms. The zero-order valence-electron chi connectivity index (χ0n) is 6.53. The van der Waals surface area contributed by atoms with Gasteiger partial charge in [-0.15, -0.1) is 0 Å². The summed E-state index contributed by atoms with van der Waals surface area (Å²) in [4.78, 5) is 10.3. The van der Waals surface area contributed by atoms with Crippen LogP contribution in [0.2, 0.25) is 0 Å². The van der Waals surface area contributed by atoms with Gasteiger partial charge in [0.1, 0.15) is 0 Å². The van der Waals surface area contributed by atoms with E-state index in [0.717, 1.165) is 4.47 Å². The summed E-state index contributed by atoms with van der Waals surface area (Å²) in [6, 6.07) is 0. The Morgan fingerprint density at radius 1 is 1.92 bits per heavy atom. The number of carboxylic acids is 1. The number of hydrogen-bond acceptors (Lipinski definition) is 3. The standard InChI is InChI=1S/C7H9BrN2O2/c1-5(7(11)12)3-10-4-6(8)2-9-10/h2,4-5H,3H2,1H3,(H,11,12)/p-1/t5-/m1/s1. The smallest absolute Gasteiger partial charge is 0.0632 e. The monoisotopic (exact) mass is 231 g/mol. The van der Waals surface area contributed by atoms with E-state index in [2.05, 4.69) is 21.0 Å². The van der Waals surface area contributed by atoms with Crippen molar-refractivity contribution >= 4 is 21.9 Å². The zero-order valence-corrected chi connectivity index (χ0v) is 8.11. The van der Waals surface area contributed by atoms with Gasteiger partial charge in [0, 0.05) is 24.6 Å². The molecular formula is C7H8BrN2O2-. The lowest BCUT2D eigenvalue weighted by atomic mass is 10.2. The van der Waals surface area contributed by atoms with Crippen molar-refractivity contribution in [2.24, 2.45) is 5.92 Å². The molecule has 0 unspecified atom stereocenters. The van der Waals surface area contributed by atoms with Crippen molar-refractivity contribution in [2.45, 2.75) is 13.5 Å². The van der Waals surface area contributed by atoms with Gasteiger partial charge in [-0.3, -0.25) is 4.68 Å². The van der Waals surface area contributed by atoms with Gasteiger partial charge in [0.2, 0.25) is 0 Å².